The van der Waals surface area contributed by atoms with E-state index >= 15 is 0 Å². The number of carbonyl (C=O) groups excluding carboxylic acids is 1. The lowest BCUT2D eigenvalue weighted by Gasteiger charge is -2.28. The summed E-state index contributed by atoms with van der Waals surface area (Å²) in [5.74, 6) is -0.880. The first-order chi connectivity index (χ1) is 8.49. The Kier molecular flexibility index (Phi) is 5.40. The summed E-state index contributed by atoms with van der Waals surface area (Å²) >= 11 is 0. The first-order valence-electron chi connectivity index (χ1n) is 6.38. The molecule has 2 unspecified atom stereocenters. The Morgan fingerprint density at radius 2 is 2.17 bits per heavy atom. The predicted molar refractivity (Wildman–Crippen MR) is 68.5 cm³/mol. The predicted octanol–water partition coefficient (Wildman–Crippen LogP) is 0.443. The van der Waals surface area contributed by atoms with Crippen molar-refractivity contribution in [1.82, 2.24) is 15.1 Å². The average molecular weight is 257 g/mol. The summed E-state index contributed by atoms with van der Waals surface area (Å²) in [4.78, 5) is 26.4. The van der Waals surface area contributed by atoms with Crippen LogP contribution in [-0.4, -0.2) is 66.7 Å². The molecule has 0 aromatic carbocycles. The van der Waals surface area contributed by atoms with Crippen LogP contribution in [0.4, 0.5) is 4.79 Å². The molecule has 2 N–H and O–H groups in total. The van der Waals surface area contributed by atoms with Crippen LogP contribution in [0.1, 0.15) is 19.8 Å². The van der Waals surface area contributed by atoms with E-state index in [0.717, 1.165) is 19.4 Å². The molecule has 0 saturated carbocycles. The summed E-state index contributed by atoms with van der Waals surface area (Å²) < 4.78 is 0. The average Bonchev–Trinajstić information content (AvgIpc) is 2.70. The number of urea groups is 1. The Balaban J connectivity index is 2.57. The molecule has 0 aromatic heterocycles. The van der Waals surface area contributed by atoms with Crippen molar-refractivity contribution in [3.8, 4) is 0 Å². The molecule has 0 spiro atoms. The molecule has 2 amide bonds. The van der Waals surface area contributed by atoms with Crippen LogP contribution < -0.4 is 5.32 Å². The van der Waals surface area contributed by atoms with Gasteiger partial charge in [0.1, 0.15) is 6.04 Å². The highest BCUT2D eigenvalue weighted by Crippen LogP contribution is 2.25. The highest BCUT2D eigenvalue weighted by Gasteiger charge is 2.40. The van der Waals surface area contributed by atoms with Gasteiger partial charge in [0.2, 0.25) is 0 Å². The first kappa shape index (κ1) is 14.8. The fourth-order valence-electron chi connectivity index (χ4n) is 2.35. The molecule has 18 heavy (non-hydrogen) atoms. The van der Waals surface area contributed by atoms with Crippen LogP contribution in [0.3, 0.4) is 0 Å². The van der Waals surface area contributed by atoms with Crippen molar-refractivity contribution in [2.24, 2.45) is 5.92 Å². The van der Waals surface area contributed by atoms with Gasteiger partial charge in [0.25, 0.3) is 0 Å². The fourth-order valence-corrected chi connectivity index (χ4v) is 2.35. The molecule has 1 rings (SSSR count). The smallest absolute Gasteiger partial charge is 0.326 e. The van der Waals surface area contributed by atoms with Crippen LogP contribution >= 0.6 is 0 Å². The van der Waals surface area contributed by atoms with Crippen molar-refractivity contribution >= 4 is 12.0 Å². The van der Waals surface area contributed by atoms with Gasteiger partial charge in [0.05, 0.1) is 0 Å². The van der Waals surface area contributed by atoms with Crippen molar-refractivity contribution < 1.29 is 14.7 Å². The third-order valence-electron chi connectivity index (χ3n) is 3.45. The van der Waals surface area contributed by atoms with E-state index in [1.165, 1.54) is 4.90 Å². The molecule has 6 heteroatoms. The number of carbonyl (C=O) groups is 2. The molecular weight excluding hydrogens is 234 g/mol. The van der Waals surface area contributed by atoms with E-state index in [1.807, 2.05) is 14.0 Å². The Hall–Kier alpha value is -1.30. The summed E-state index contributed by atoms with van der Waals surface area (Å²) in [7, 11) is 3.59. The van der Waals surface area contributed by atoms with Crippen LogP contribution in [-0.2, 0) is 4.79 Å². The van der Waals surface area contributed by atoms with Gasteiger partial charge in [-0.2, -0.15) is 0 Å². The number of hydrogen-bond acceptors (Lipinski definition) is 3. The van der Waals surface area contributed by atoms with Crippen LogP contribution in [0.2, 0.25) is 0 Å². The van der Waals surface area contributed by atoms with Gasteiger partial charge in [0.15, 0.2) is 0 Å². The molecule has 1 aliphatic heterocycles. The molecule has 104 valence electrons. The van der Waals surface area contributed by atoms with E-state index < -0.39 is 12.0 Å². The van der Waals surface area contributed by atoms with Crippen molar-refractivity contribution in [3.05, 3.63) is 0 Å². The summed E-state index contributed by atoms with van der Waals surface area (Å²) in [6.45, 7) is 3.90. The highest BCUT2D eigenvalue weighted by atomic mass is 16.4. The zero-order chi connectivity index (χ0) is 13.7. The third kappa shape index (κ3) is 3.35. The Bertz CT molecular complexity index is 309. The third-order valence-corrected chi connectivity index (χ3v) is 3.45. The Labute approximate surface area is 108 Å². The van der Waals surface area contributed by atoms with Gasteiger partial charge >= 0.3 is 12.0 Å². The Morgan fingerprint density at radius 3 is 2.72 bits per heavy atom. The lowest BCUT2D eigenvalue weighted by Crippen LogP contribution is -2.48. The van der Waals surface area contributed by atoms with Gasteiger partial charge in [-0.15, -0.1) is 0 Å². The molecule has 1 heterocycles. The molecule has 6 nitrogen and oxygen atoms in total. The molecule has 0 bridgehead atoms. The van der Waals surface area contributed by atoms with Crippen LogP contribution in [0.15, 0.2) is 0 Å². The highest BCUT2D eigenvalue weighted by molar-refractivity contribution is 5.83. The number of nitrogens with one attached hydrogen (secondary N) is 1. The zero-order valence-electron chi connectivity index (χ0n) is 11.3. The monoisotopic (exact) mass is 257 g/mol. The molecule has 1 fully saturated rings. The number of amides is 2. The van der Waals surface area contributed by atoms with Crippen molar-refractivity contribution in [3.63, 3.8) is 0 Å². The summed E-state index contributed by atoms with van der Waals surface area (Å²) in [6.07, 6.45) is 1.62. The lowest BCUT2D eigenvalue weighted by molar-refractivity contribution is -0.142. The maximum absolute atomic E-state index is 12.2. The lowest BCUT2D eigenvalue weighted by atomic mass is 10.0. The van der Waals surface area contributed by atoms with E-state index in [1.54, 1.807) is 11.9 Å². The van der Waals surface area contributed by atoms with Gasteiger partial charge in [-0.3, -0.25) is 0 Å². The maximum Gasteiger partial charge on any atom is 0.326 e. The second-order valence-corrected chi connectivity index (χ2v) is 4.90. The maximum atomic E-state index is 12.2. The number of hydrogen-bond donors (Lipinski definition) is 2. The van der Waals surface area contributed by atoms with Gasteiger partial charge in [-0.05, 0) is 32.4 Å². The molecule has 2 atom stereocenters. The largest absolute Gasteiger partial charge is 0.480 e. The SMILES string of the molecule is CNCCCN(C)C(=O)N1CCC(C)C1C(=O)O. The fraction of sp³-hybridized carbons (Fsp3) is 0.833. The number of carboxylic acid groups (broad SMARTS) is 1. The second kappa shape index (κ2) is 6.58. The summed E-state index contributed by atoms with van der Waals surface area (Å²) in [6, 6.07) is -0.855. The molecule has 1 saturated heterocycles. The van der Waals surface area contributed by atoms with Crippen molar-refractivity contribution in [2.75, 3.05) is 33.7 Å². The first-order valence-corrected chi connectivity index (χ1v) is 6.38. The minimum Gasteiger partial charge on any atom is -0.480 e. The van der Waals surface area contributed by atoms with E-state index in [4.69, 9.17) is 0 Å². The van der Waals surface area contributed by atoms with E-state index in [9.17, 15) is 14.7 Å². The Morgan fingerprint density at radius 1 is 1.50 bits per heavy atom. The number of nitrogens with zero attached hydrogens (tertiary/aromatic N) is 2. The molecule has 0 aromatic rings. The molecule has 0 radical (unpaired) electrons. The van der Waals surface area contributed by atoms with E-state index in [2.05, 4.69) is 5.32 Å². The quantitative estimate of drug-likeness (QED) is 0.701. The zero-order valence-corrected chi connectivity index (χ0v) is 11.3. The van der Waals surface area contributed by atoms with Crippen molar-refractivity contribution in [2.45, 2.75) is 25.8 Å². The summed E-state index contributed by atoms with van der Waals surface area (Å²) in [5.41, 5.74) is 0. The van der Waals surface area contributed by atoms with Crippen LogP contribution in [0.25, 0.3) is 0 Å². The number of carboxylic acids is 1. The van der Waals surface area contributed by atoms with E-state index in [-0.39, 0.29) is 11.9 Å². The molecule has 1 aliphatic rings. The number of rotatable bonds is 5. The standard InChI is InChI=1S/C12H23N3O3/c1-9-5-8-15(10(9)11(16)17)12(18)14(3)7-4-6-13-2/h9-10,13H,4-8H2,1-3H3,(H,16,17). The van der Waals surface area contributed by atoms with Gasteiger partial charge < -0.3 is 20.2 Å². The topological polar surface area (TPSA) is 72.9 Å². The number of aliphatic carboxylic acids is 1. The van der Waals surface area contributed by atoms with Gasteiger partial charge in [0, 0.05) is 20.1 Å². The normalized spacial score (nSPS) is 23.2. The van der Waals surface area contributed by atoms with Gasteiger partial charge in [-0.1, -0.05) is 6.92 Å². The van der Waals surface area contributed by atoms with Crippen LogP contribution in [0, 0.1) is 5.92 Å². The van der Waals surface area contributed by atoms with E-state index in [0.29, 0.717) is 13.1 Å². The van der Waals surface area contributed by atoms with Gasteiger partial charge in [-0.25, -0.2) is 9.59 Å². The minimum absolute atomic E-state index is 0.0251. The second-order valence-electron chi connectivity index (χ2n) is 4.90. The molecular formula is C12H23N3O3. The number of likely N-dealkylation sites (tertiary alicyclic amines) is 1. The minimum atomic E-state index is -0.906. The van der Waals surface area contributed by atoms with Crippen LogP contribution in [0.5, 0.6) is 0 Å². The molecule has 0 aliphatic carbocycles. The summed E-state index contributed by atoms with van der Waals surface area (Å²) in [5, 5.41) is 12.2. The van der Waals surface area contributed by atoms with Crippen molar-refractivity contribution in [1.29, 1.82) is 0 Å².